The van der Waals surface area contributed by atoms with Gasteiger partial charge < -0.3 is 10.6 Å². The Bertz CT molecular complexity index is 368. The first-order chi connectivity index (χ1) is 7.96. The molecular weight excluding hydrogens is 258 g/mol. The second-order valence-electron chi connectivity index (χ2n) is 4.24. The van der Waals surface area contributed by atoms with Crippen LogP contribution >= 0.6 is 11.8 Å². The number of nitrogens with zero attached hydrogens (tertiary/aromatic N) is 1. The van der Waals surface area contributed by atoms with Gasteiger partial charge in [0.25, 0.3) is 0 Å². The van der Waals surface area contributed by atoms with Gasteiger partial charge in [0.2, 0.25) is 0 Å². The average Bonchev–Trinajstić information content (AvgIpc) is 2.63. The molecule has 7 heteroatoms. The van der Waals surface area contributed by atoms with E-state index in [2.05, 4.69) is 28.8 Å². The van der Waals surface area contributed by atoms with Gasteiger partial charge in [0.05, 0.1) is 11.5 Å². The molecule has 2 unspecified atom stereocenters. The van der Waals surface area contributed by atoms with Gasteiger partial charge in [-0.1, -0.05) is 6.92 Å². The van der Waals surface area contributed by atoms with Crippen LogP contribution in [0.5, 0.6) is 0 Å². The normalized spacial score (nSPS) is 25.6. The van der Waals surface area contributed by atoms with E-state index in [9.17, 15) is 8.42 Å². The van der Waals surface area contributed by atoms with Crippen LogP contribution < -0.4 is 10.6 Å². The Morgan fingerprint density at radius 1 is 1.59 bits per heavy atom. The molecule has 100 valence electrons. The summed E-state index contributed by atoms with van der Waals surface area (Å²) in [6.45, 7) is 2.95. The molecule has 0 spiro atoms. The minimum Gasteiger partial charge on any atom is -0.355 e. The van der Waals surface area contributed by atoms with Crippen molar-refractivity contribution in [3.63, 3.8) is 0 Å². The number of guanidine groups is 1. The first kappa shape index (κ1) is 14.6. The molecule has 0 amide bonds. The summed E-state index contributed by atoms with van der Waals surface area (Å²) < 4.78 is 22.6. The van der Waals surface area contributed by atoms with E-state index in [-0.39, 0.29) is 17.5 Å². The van der Waals surface area contributed by atoms with Gasteiger partial charge in [-0.15, -0.1) is 0 Å². The first-order valence-electron chi connectivity index (χ1n) is 5.67. The monoisotopic (exact) mass is 279 g/mol. The standard InChI is InChI=1S/C10H21N3O2S2/c1-8(16-3)6-12-10(11-2)13-9-4-5-17(14,15)7-9/h8-9H,4-7H2,1-3H3,(H2,11,12,13). The fourth-order valence-corrected chi connectivity index (χ4v) is 3.54. The number of rotatable bonds is 4. The van der Waals surface area contributed by atoms with E-state index in [1.165, 1.54) is 0 Å². The lowest BCUT2D eigenvalue weighted by Gasteiger charge is -2.17. The van der Waals surface area contributed by atoms with Crippen LogP contribution in [0, 0.1) is 0 Å². The molecule has 5 nitrogen and oxygen atoms in total. The van der Waals surface area contributed by atoms with Gasteiger partial charge in [-0.2, -0.15) is 11.8 Å². The Morgan fingerprint density at radius 2 is 2.29 bits per heavy atom. The summed E-state index contributed by atoms with van der Waals surface area (Å²) in [4.78, 5) is 4.10. The zero-order chi connectivity index (χ0) is 12.9. The molecule has 1 aliphatic heterocycles. The molecule has 0 saturated carbocycles. The van der Waals surface area contributed by atoms with E-state index in [4.69, 9.17) is 0 Å². The molecule has 2 N–H and O–H groups in total. The number of nitrogens with one attached hydrogen (secondary N) is 2. The van der Waals surface area contributed by atoms with Crippen molar-refractivity contribution >= 4 is 27.6 Å². The highest BCUT2D eigenvalue weighted by atomic mass is 32.2. The van der Waals surface area contributed by atoms with Crippen LogP contribution in [0.15, 0.2) is 4.99 Å². The van der Waals surface area contributed by atoms with Crippen molar-refractivity contribution in [1.29, 1.82) is 0 Å². The van der Waals surface area contributed by atoms with Crippen molar-refractivity contribution in [3.05, 3.63) is 0 Å². The molecule has 0 aliphatic carbocycles. The van der Waals surface area contributed by atoms with E-state index in [1.54, 1.807) is 18.8 Å². The predicted octanol–water partition coefficient (Wildman–Crippen LogP) is 0.0900. The van der Waals surface area contributed by atoms with Gasteiger partial charge in [0.1, 0.15) is 0 Å². The fourth-order valence-electron chi connectivity index (χ4n) is 1.62. The molecular formula is C10H21N3O2S2. The third kappa shape index (κ3) is 5.16. The van der Waals surface area contributed by atoms with Crippen molar-refractivity contribution in [1.82, 2.24) is 10.6 Å². The third-order valence-electron chi connectivity index (χ3n) is 2.76. The highest BCUT2D eigenvalue weighted by Gasteiger charge is 2.28. The van der Waals surface area contributed by atoms with Crippen molar-refractivity contribution in [2.75, 3.05) is 31.4 Å². The van der Waals surface area contributed by atoms with Crippen molar-refractivity contribution in [2.24, 2.45) is 4.99 Å². The topological polar surface area (TPSA) is 70.6 Å². The Labute approximate surface area is 108 Å². The molecule has 1 saturated heterocycles. The van der Waals surface area contributed by atoms with Crippen LogP contribution in [-0.4, -0.2) is 57.0 Å². The number of hydrogen-bond acceptors (Lipinski definition) is 4. The van der Waals surface area contributed by atoms with Gasteiger partial charge in [-0.25, -0.2) is 8.42 Å². The van der Waals surface area contributed by atoms with Crippen LogP contribution in [0.2, 0.25) is 0 Å². The average molecular weight is 279 g/mol. The lowest BCUT2D eigenvalue weighted by Crippen LogP contribution is -2.45. The second-order valence-corrected chi connectivity index (χ2v) is 7.75. The minimum atomic E-state index is -2.83. The minimum absolute atomic E-state index is 0.00390. The highest BCUT2D eigenvalue weighted by molar-refractivity contribution is 7.99. The zero-order valence-corrected chi connectivity index (χ0v) is 12.2. The maximum absolute atomic E-state index is 11.3. The van der Waals surface area contributed by atoms with Crippen LogP contribution in [-0.2, 0) is 9.84 Å². The Hall–Kier alpha value is -0.430. The number of thioether (sulfide) groups is 1. The summed E-state index contributed by atoms with van der Waals surface area (Å²) in [7, 11) is -1.14. The number of aliphatic imine (C=N–C) groups is 1. The maximum Gasteiger partial charge on any atom is 0.191 e. The lowest BCUT2D eigenvalue weighted by atomic mass is 10.3. The summed E-state index contributed by atoms with van der Waals surface area (Å²) >= 11 is 1.78. The summed E-state index contributed by atoms with van der Waals surface area (Å²) in [5.41, 5.74) is 0. The molecule has 17 heavy (non-hydrogen) atoms. The SMILES string of the molecule is CN=C(NCC(C)SC)NC1CCS(=O)(=O)C1. The second kappa shape index (κ2) is 6.49. The summed E-state index contributed by atoms with van der Waals surface area (Å²) in [6.07, 6.45) is 2.73. The van der Waals surface area contributed by atoms with E-state index >= 15 is 0 Å². The molecule has 0 aromatic carbocycles. The van der Waals surface area contributed by atoms with Gasteiger partial charge in [0.15, 0.2) is 15.8 Å². The maximum atomic E-state index is 11.3. The molecule has 1 heterocycles. The number of hydrogen-bond donors (Lipinski definition) is 2. The highest BCUT2D eigenvalue weighted by Crippen LogP contribution is 2.11. The smallest absolute Gasteiger partial charge is 0.191 e. The van der Waals surface area contributed by atoms with Crippen LogP contribution in [0.4, 0.5) is 0 Å². The van der Waals surface area contributed by atoms with Crippen LogP contribution in [0.3, 0.4) is 0 Å². The quantitative estimate of drug-likeness (QED) is 0.564. The third-order valence-corrected chi connectivity index (χ3v) is 5.50. The van der Waals surface area contributed by atoms with Gasteiger partial charge >= 0.3 is 0 Å². The summed E-state index contributed by atoms with van der Waals surface area (Å²) in [5.74, 6) is 1.18. The lowest BCUT2D eigenvalue weighted by molar-refractivity contribution is 0.599. The van der Waals surface area contributed by atoms with Gasteiger partial charge in [-0.05, 0) is 12.7 Å². The van der Waals surface area contributed by atoms with E-state index < -0.39 is 9.84 Å². The molecule has 2 atom stereocenters. The Kier molecular flexibility index (Phi) is 5.58. The van der Waals surface area contributed by atoms with Gasteiger partial charge in [-0.3, -0.25) is 4.99 Å². The van der Waals surface area contributed by atoms with Crippen LogP contribution in [0.25, 0.3) is 0 Å². The summed E-state index contributed by atoms with van der Waals surface area (Å²) in [6, 6.07) is -0.00390. The molecule has 0 aromatic heterocycles. The summed E-state index contributed by atoms with van der Waals surface area (Å²) in [5, 5.41) is 6.85. The largest absolute Gasteiger partial charge is 0.355 e. The molecule has 0 radical (unpaired) electrons. The van der Waals surface area contributed by atoms with Crippen molar-refractivity contribution < 1.29 is 8.42 Å². The molecule has 0 bridgehead atoms. The Morgan fingerprint density at radius 3 is 2.76 bits per heavy atom. The van der Waals surface area contributed by atoms with Crippen LogP contribution in [0.1, 0.15) is 13.3 Å². The first-order valence-corrected chi connectivity index (χ1v) is 8.78. The Balaban J connectivity index is 2.38. The number of sulfone groups is 1. The van der Waals surface area contributed by atoms with Crippen molar-refractivity contribution in [3.8, 4) is 0 Å². The zero-order valence-electron chi connectivity index (χ0n) is 10.6. The van der Waals surface area contributed by atoms with Crippen molar-refractivity contribution in [2.45, 2.75) is 24.6 Å². The van der Waals surface area contributed by atoms with Gasteiger partial charge in [0, 0.05) is 24.9 Å². The molecule has 1 aliphatic rings. The predicted molar refractivity (Wildman–Crippen MR) is 74.5 cm³/mol. The fraction of sp³-hybridized carbons (Fsp3) is 0.900. The molecule has 1 fully saturated rings. The van der Waals surface area contributed by atoms with E-state index in [1.807, 2.05) is 0 Å². The molecule has 0 aromatic rings. The van der Waals surface area contributed by atoms with E-state index in [0.29, 0.717) is 17.6 Å². The molecule has 1 rings (SSSR count). The van der Waals surface area contributed by atoms with E-state index in [0.717, 1.165) is 6.54 Å².